The molecule has 0 spiro atoms. The van der Waals surface area contributed by atoms with E-state index in [-0.39, 0.29) is 30.6 Å². The fourth-order valence-corrected chi connectivity index (χ4v) is 3.88. The number of aromatic amines is 1. The van der Waals surface area contributed by atoms with Crippen molar-refractivity contribution in [3.05, 3.63) is 65.9 Å². The lowest BCUT2D eigenvalue weighted by Gasteiger charge is -2.28. The maximum atomic E-state index is 13.4. The van der Waals surface area contributed by atoms with Gasteiger partial charge >= 0.3 is 0 Å². The fraction of sp³-hybridized carbons (Fsp3) is 0.273. The van der Waals surface area contributed by atoms with Crippen LogP contribution in [0.2, 0.25) is 0 Å². The molecule has 0 unspecified atom stereocenters. The number of hydrogen-bond donors (Lipinski definition) is 1. The molecular formula is C22H23Cl2FN4. The van der Waals surface area contributed by atoms with E-state index in [0.29, 0.717) is 11.5 Å². The first-order valence-corrected chi connectivity index (χ1v) is 9.18. The van der Waals surface area contributed by atoms with Gasteiger partial charge in [-0.3, -0.25) is 4.98 Å². The molecule has 2 aromatic heterocycles. The summed E-state index contributed by atoms with van der Waals surface area (Å²) in [6.45, 7) is 2.04. The number of hydrogen-bond acceptors (Lipinski definition) is 3. The van der Waals surface area contributed by atoms with Crippen LogP contribution in [0.15, 0.2) is 48.8 Å². The minimum atomic E-state index is -0.271. The molecule has 3 heterocycles. The number of H-pyrrole nitrogens is 1. The lowest BCUT2D eigenvalue weighted by Crippen LogP contribution is -2.29. The monoisotopic (exact) mass is 432 g/mol. The van der Waals surface area contributed by atoms with Crippen molar-refractivity contribution in [3.8, 4) is 28.5 Å². The van der Waals surface area contributed by atoms with E-state index >= 15 is 0 Å². The van der Waals surface area contributed by atoms with Gasteiger partial charge in [0.05, 0.1) is 11.3 Å². The highest BCUT2D eigenvalue weighted by molar-refractivity contribution is 5.87. The Morgan fingerprint density at radius 1 is 1.03 bits per heavy atom. The third-order valence-corrected chi connectivity index (χ3v) is 5.37. The van der Waals surface area contributed by atoms with Crippen LogP contribution in [0.4, 0.5) is 4.39 Å². The Morgan fingerprint density at radius 2 is 1.66 bits per heavy atom. The number of nitriles is 1. The molecule has 1 aromatic carbocycles. The van der Waals surface area contributed by atoms with E-state index < -0.39 is 0 Å². The Labute approximate surface area is 182 Å². The van der Waals surface area contributed by atoms with E-state index in [2.05, 4.69) is 28.0 Å². The van der Waals surface area contributed by atoms with E-state index in [1.807, 2.05) is 12.1 Å². The van der Waals surface area contributed by atoms with Gasteiger partial charge in [0.25, 0.3) is 0 Å². The van der Waals surface area contributed by atoms with Crippen molar-refractivity contribution in [2.45, 2.75) is 18.8 Å². The van der Waals surface area contributed by atoms with Crippen LogP contribution >= 0.6 is 24.8 Å². The molecule has 4 rings (SSSR count). The first-order chi connectivity index (χ1) is 13.2. The zero-order valence-electron chi connectivity index (χ0n) is 16.1. The maximum Gasteiger partial charge on any atom is 0.123 e. The Bertz CT molecular complexity index is 973. The van der Waals surface area contributed by atoms with Crippen LogP contribution in [-0.4, -0.2) is 35.0 Å². The van der Waals surface area contributed by atoms with E-state index in [1.54, 1.807) is 24.5 Å². The van der Waals surface area contributed by atoms with Crippen molar-refractivity contribution < 1.29 is 4.39 Å². The molecule has 29 heavy (non-hydrogen) atoms. The first-order valence-electron chi connectivity index (χ1n) is 9.18. The summed E-state index contributed by atoms with van der Waals surface area (Å²) < 4.78 is 13.4. The Balaban J connectivity index is 0.00000150. The van der Waals surface area contributed by atoms with E-state index in [4.69, 9.17) is 0 Å². The first kappa shape index (κ1) is 22.9. The van der Waals surface area contributed by atoms with Crippen LogP contribution in [0.5, 0.6) is 0 Å². The molecule has 1 aliphatic rings. The van der Waals surface area contributed by atoms with Gasteiger partial charge < -0.3 is 9.88 Å². The third kappa shape index (κ3) is 4.62. The molecule has 4 nitrogen and oxygen atoms in total. The maximum absolute atomic E-state index is 13.4. The summed E-state index contributed by atoms with van der Waals surface area (Å²) in [5, 5.41) is 9.99. The number of nitrogens with zero attached hydrogens (tertiary/aromatic N) is 3. The molecule has 1 N–H and O–H groups in total. The molecule has 0 bridgehead atoms. The predicted octanol–water partition coefficient (Wildman–Crippen LogP) is 5.41. The summed E-state index contributed by atoms with van der Waals surface area (Å²) >= 11 is 0. The SMILES string of the molecule is CN1CCC(c2[nH]c(-c3ccc(F)cc3)c(-c3ccncc3)c2C#N)CC1.Cl.Cl. The summed E-state index contributed by atoms with van der Waals surface area (Å²) in [7, 11) is 2.13. The second-order valence-corrected chi connectivity index (χ2v) is 7.10. The average Bonchev–Trinajstić information content (AvgIpc) is 3.09. The van der Waals surface area contributed by atoms with Crippen molar-refractivity contribution in [1.29, 1.82) is 5.26 Å². The molecule has 1 fully saturated rings. The number of pyridine rings is 1. The molecule has 0 atom stereocenters. The normalized spacial score (nSPS) is 14.5. The van der Waals surface area contributed by atoms with Gasteiger partial charge in [0.1, 0.15) is 11.9 Å². The van der Waals surface area contributed by atoms with Crippen molar-refractivity contribution in [1.82, 2.24) is 14.9 Å². The number of likely N-dealkylation sites (tertiary alicyclic amines) is 1. The van der Waals surface area contributed by atoms with Crippen molar-refractivity contribution >= 4 is 24.8 Å². The quantitative estimate of drug-likeness (QED) is 0.601. The summed E-state index contributed by atoms with van der Waals surface area (Å²) in [4.78, 5) is 9.95. The van der Waals surface area contributed by atoms with Gasteiger partial charge in [0, 0.05) is 29.6 Å². The summed E-state index contributed by atoms with van der Waals surface area (Å²) in [5.74, 6) is 0.0532. The molecule has 0 aliphatic carbocycles. The van der Waals surface area contributed by atoms with E-state index in [0.717, 1.165) is 54.0 Å². The van der Waals surface area contributed by atoms with Crippen LogP contribution < -0.4 is 0 Å². The average molecular weight is 433 g/mol. The highest BCUT2D eigenvalue weighted by Gasteiger charge is 2.27. The van der Waals surface area contributed by atoms with Gasteiger partial charge in [-0.15, -0.1) is 24.8 Å². The van der Waals surface area contributed by atoms with Gasteiger partial charge in [-0.1, -0.05) is 0 Å². The van der Waals surface area contributed by atoms with Crippen LogP contribution in [0.1, 0.15) is 30.0 Å². The number of nitrogens with one attached hydrogen (secondary N) is 1. The zero-order chi connectivity index (χ0) is 18.8. The number of rotatable bonds is 3. The lowest BCUT2D eigenvalue weighted by atomic mass is 9.89. The number of aromatic nitrogens is 2. The summed E-state index contributed by atoms with van der Waals surface area (Å²) in [6.07, 6.45) is 5.50. The summed E-state index contributed by atoms with van der Waals surface area (Å²) in [6, 6.07) is 12.7. The fourth-order valence-electron chi connectivity index (χ4n) is 3.88. The Hall–Kier alpha value is -2.39. The Kier molecular flexibility index (Phi) is 7.80. The largest absolute Gasteiger partial charge is 0.357 e. The molecule has 1 aliphatic heterocycles. The molecule has 152 valence electrons. The van der Waals surface area contributed by atoms with Gasteiger partial charge in [0.15, 0.2) is 0 Å². The van der Waals surface area contributed by atoms with Gasteiger partial charge in [0.2, 0.25) is 0 Å². The van der Waals surface area contributed by atoms with E-state index in [1.165, 1.54) is 12.1 Å². The third-order valence-electron chi connectivity index (χ3n) is 5.37. The van der Waals surface area contributed by atoms with Gasteiger partial charge in [-0.2, -0.15) is 5.26 Å². The second kappa shape index (κ2) is 9.89. The van der Waals surface area contributed by atoms with Gasteiger partial charge in [-0.05, 0) is 80.5 Å². The van der Waals surface area contributed by atoms with Crippen molar-refractivity contribution in [2.24, 2.45) is 0 Å². The predicted molar refractivity (Wildman–Crippen MR) is 118 cm³/mol. The number of benzene rings is 1. The minimum Gasteiger partial charge on any atom is -0.357 e. The molecular weight excluding hydrogens is 410 g/mol. The van der Waals surface area contributed by atoms with Gasteiger partial charge in [-0.25, -0.2) is 4.39 Å². The second-order valence-electron chi connectivity index (χ2n) is 7.10. The standard InChI is InChI=1S/C22H21FN4.2ClH/c1-27-12-8-17(9-13-27)21-19(14-24)20(15-6-10-25-11-7-15)22(26-21)16-2-4-18(23)5-3-16;;/h2-7,10-11,17,26H,8-9,12-13H2,1H3;2*1H. The van der Waals surface area contributed by atoms with Crippen LogP contribution in [0, 0.1) is 17.1 Å². The highest BCUT2D eigenvalue weighted by Crippen LogP contribution is 2.40. The summed E-state index contributed by atoms with van der Waals surface area (Å²) in [5.41, 5.74) is 5.24. The van der Waals surface area contributed by atoms with Crippen LogP contribution in [-0.2, 0) is 0 Å². The minimum absolute atomic E-state index is 0. The molecule has 1 saturated heterocycles. The molecule has 0 amide bonds. The van der Waals surface area contributed by atoms with Crippen LogP contribution in [0.25, 0.3) is 22.4 Å². The lowest BCUT2D eigenvalue weighted by molar-refractivity contribution is 0.253. The van der Waals surface area contributed by atoms with Crippen molar-refractivity contribution in [3.63, 3.8) is 0 Å². The van der Waals surface area contributed by atoms with Crippen LogP contribution in [0.3, 0.4) is 0 Å². The highest BCUT2D eigenvalue weighted by atomic mass is 35.5. The Morgan fingerprint density at radius 3 is 2.24 bits per heavy atom. The van der Waals surface area contributed by atoms with Crippen molar-refractivity contribution in [2.75, 3.05) is 20.1 Å². The molecule has 0 radical (unpaired) electrons. The van der Waals surface area contributed by atoms with E-state index in [9.17, 15) is 9.65 Å². The molecule has 0 saturated carbocycles. The zero-order valence-corrected chi connectivity index (χ0v) is 17.7. The smallest absolute Gasteiger partial charge is 0.123 e. The number of piperidine rings is 1. The topological polar surface area (TPSA) is 55.7 Å². The molecule has 3 aromatic rings. The molecule has 7 heteroatoms. The number of halogens is 3.